The van der Waals surface area contributed by atoms with Crippen molar-refractivity contribution in [2.45, 2.75) is 13.3 Å². The number of methoxy groups -OCH3 is 1. The summed E-state index contributed by atoms with van der Waals surface area (Å²) in [6.07, 6.45) is 0.662. The van der Waals surface area contributed by atoms with Gasteiger partial charge in [0.05, 0.1) is 12.8 Å². The predicted molar refractivity (Wildman–Crippen MR) is 115 cm³/mol. The van der Waals surface area contributed by atoms with Gasteiger partial charge in [0.15, 0.2) is 12.6 Å². The molecule has 0 aliphatic heterocycles. The van der Waals surface area contributed by atoms with E-state index in [4.69, 9.17) is 26.1 Å². The summed E-state index contributed by atoms with van der Waals surface area (Å²) in [6.45, 7) is 1.44. The van der Waals surface area contributed by atoms with Crippen LogP contribution in [0.4, 0.5) is 5.69 Å². The van der Waals surface area contributed by atoms with Gasteiger partial charge in [0.2, 0.25) is 0 Å². The molecule has 0 aliphatic rings. The van der Waals surface area contributed by atoms with Gasteiger partial charge in [-0.2, -0.15) is 0 Å². The highest BCUT2D eigenvalue weighted by molar-refractivity contribution is 5.94. The molecule has 10 heteroatoms. The van der Waals surface area contributed by atoms with Crippen molar-refractivity contribution in [1.29, 1.82) is 0 Å². The second-order valence-electron chi connectivity index (χ2n) is 6.12. The number of nitrogens with two attached hydrogens (primary N) is 2. The molecule has 0 aromatic heterocycles. The smallest absolute Gasteiger partial charge is 0.343 e. The minimum atomic E-state index is -0.833. The van der Waals surface area contributed by atoms with E-state index in [1.165, 1.54) is 7.11 Å². The average Bonchev–Trinajstić information content (AvgIpc) is 2.72. The van der Waals surface area contributed by atoms with Crippen molar-refractivity contribution in [1.82, 2.24) is 5.32 Å². The highest BCUT2D eigenvalue weighted by atomic mass is 16.6. The first-order chi connectivity index (χ1) is 14.7. The number of esters is 1. The Morgan fingerprint density at radius 2 is 1.61 bits per heavy atom. The van der Waals surface area contributed by atoms with E-state index in [1.54, 1.807) is 36.4 Å². The lowest BCUT2D eigenvalue weighted by molar-refractivity contribution is -0.143. The zero-order valence-corrected chi connectivity index (χ0v) is 17.3. The van der Waals surface area contributed by atoms with E-state index in [0.29, 0.717) is 30.0 Å². The Kier molecular flexibility index (Phi) is 10.6. The number of carboxylic acids is 1. The molecule has 2 aromatic rings. The van der Waals surface area contributed by atoms with Gasteiger partial charge < -0.3 is 31.4 Å². The van der Waals surface area contributed by atoms with Crippen molar-refractivity contribution < 1.29 is 29.0 Å². The van der Waals surface area contributed by atoms with Crippen LogP contribution >= 0.6 is 0 Å². The lowest BCUT2D eigenvalue weighted by atomic mass is 10.1. The number of amides is 1. The van der Waals surface area contributed by atoms with Gasteiger partial charge in [-0.3, -0.25) is 9.59 Å². The third kappa shape index (κ3) is 10.9. The van der Waals surface area contributed by atoms with E-state index in [2.05, 4.69) is 15.0 Å². The Balaban J connectivity index is 0.00000110. The highest BCUT2D eigenvalue weighted by Gasteiger charge is 2.05. The predicted octanol–water partition coefficient (Wildman–Crippen LogP) is 1.21. The topological polar surface area (TPSA) is 166 Å². The molecule has 0 aliphatic carbocycles. The number of hydrogen-bond donors (Lipinski definition) is 4. The number of aliphatic imine (C=N–C) groups is 1. The fourth-order valence-corrected chi connectivity index (χ4v) is 2.21. The van der Waals surface area contributed by atoms with Gasteiger partial charge >= 0.3 is 5.97 Å². The number of rotatable bonds is 8. The molecule has 0 bridgehead atoms. The van der Waals surface area contributed by atoms with Gasteiger partial charge in [-0.05, 0) is 48.4 Å². The maximum absolute atomic E-state index is 12.1. The second-order valence-corrected chi connectivity index (χ2v) is 6.12. The number of ether oxygens (including phenoxy) is 2. The van der Waals surface area contributed by atoms with E-state index in [9.17, 15) is 9.59 Å². The van der Waals surface area contributed by atoms with Crippen molar-refractivity contribution in [2.24, 2.45) is 16.5 Å². The molecule has 0 spiro atoms. The molecule has 0 saturated carbocycles. The number of carbonyl (C=O) groups is 3. The molecular formula is C21H26N4O6. The maximum Gasteiger partial charge on any atom is 0.343 e. The molecule has 0 radical (unpaired) electrons. The molecule has 10 nitrogen and oxygen atoms in total. The second kappa shape index (κ2) is 13.2. The molecule has 0 atom stereocenters. The van der Waals surface area contributed by atoms with Gasteiger partial charge in [-0.15, -0.1) is 0 Å². The Morgan fingerprint density at radius 3 is 2.13 bits per heavy atom. The normalized spacial score (nSPS) is 9.48. The molecule has 2 rings (SSSR count). The molecule has 0 fully saturated rings. The number of nitrogens with zero attached hydrogens (tertiary/aromatic N) is 1. The van der Waals surface area contributed by atoms with Crippen LogP contribution in [-0.4, -0.2) is 49.2 Å². The van der Waals surface area contributed by atoms with Gasteiger partial charge in [0.1, 0.15) is 5.75 Å². The van der Waals surface area contributed by atoms with Crippen molar-refractivity contribution in [3.63, 3.8) is 0 Å². The summed E-state index contributed by atoms with van der Waals surface area (Å²) in [7, 11) is 1.31. The molecule has 0 heterocycles. The lowest BCUT2D eigenvalue weighted by Crippen LogP contribution is -2.25. The largest absolute Gasteiger partial charge is 0.482 e. The summed E-state index contributed by atoms with van der Waals surface area (Å²) in [4.78, 5) is 36.1. The Hall–Kier alpha value is -4.08. The van der Waals surface area contributed by atoms with Crippen LogP contribution in [0, 0.1) is 0 Å². The van der Waals surface area contributed by atoms with Crippen molar-refractivity contribution in [2.75, 3.05) is 20.3 Å². The average molecular weight is 430 g/mol. The summed E-state index contributed by atoms with van der Waals surface area (Å²) < 4.78 is 9.79. The van der Waals surface area contributed by atoms with Gasteiger partial charge in [0, 0.05) is 19.0 Å². The number of benzene rings is 2. The summed E-state index contributed by atoms with van der Waals surface area (Å²) in [5, 5.41) is 10.3. The minimum Gasteiger partial charge on any atom is -0.482 e. The van der Waals surface area contributed by atoms with Crippen LogP contribution in [-0.2, 0) is 20.7 Å². The van der Waals surface area contributed by atoms with Crippen LogP contribution in [0.15, 0.2) is 53.5 Å². The van der Waals surface area contributed by atoms with Crippen molar-refractivity contribution in [3.8, 4) is 5.75 Å². The minimum absolute atomic E-state index is 0.0334. The van der Waals surface area contributed by atoms with Crippen LogP contribution in [0.3, 0.4) is 0 Å². The van der Waals surface area contributed by atoms with Gasteiger partial charge in [0.25, 0.3) is 11.9 Å². The van der Waals surface area contributed by atoms with Crippen LogP contribution in [0.5, 0.6) is 5.75 Å². The highest BCUT2D eigenvalue weighted by Crippen LogP contribution is 2.14. The molecular weight excluding hydrogens is 404 g/mol. The van der Waals surface area contributed by atoms with Crippen LogP contribution in [0.25, 0.3) is 0 Å². The van der Waals surface area contributed by atoms with Gasteiger partial charge in [-0.1, -0.05) is 12.1 Å². The first-order valence-electron chi connectivity index (χ1n) is 9.17. The molecule has 0 saturated heterocycles. The number of nitrogens with one attached hydrogen (secondary N) is 1. The molecule has 166 valence electrons. The quantitative estimate of drug-likeness (QED) is 0.275. The molecule has 0 unspecified atom stereocenters. The number of guanidine groups is 1. The molecule has 31 heavy (non-hydrogen) atoms. The van der Waals surface area contributed by atoms with Crippen molar-refractivity contribution >= 4 is 29.5 Å². The maximum atomic E-state index is 12.1. The van der Waals surface area contributed by atoms with E-state index >= 15 is 0 Å². The number of hydrogen-bond acceptors (Lipinski definition) is 6. The molecule has 2 aromatic carbocycles. The third-order valence-electron chi connectivity index (χ3n) is 3.59. The number of aliphatic carboxylic acids is 1. The monoisotopic (exact) mass is 430 g/mol. The first-order valence-corrected chi connectivity index (χ1v) is 9.17. The summed E-state index contributed by atoms with van der Waals surface area (Å²) in [5.41, 5.74) is 12.8. The molecule has 6 N–H and O–H groups in total. The fourth-order valence-electron chi connectivity index (χ4n) is 2.21. The fraction of sp³-hybridized carbons (Fsp3) is 0.238. The Labute approximate surface area is 179 Å². The van der Waals surface area contributed by atoms with Crippen molar-refractivity contribution in [3.05, 3.63) is 59.7 Å². The number of carboxylic acid groups (broad SMARTS) is 1. The van der Waals surface area contributed by atoms with E-state index < -0.39 is 11.9 Å². The van der Waals surface area contributed by atoms with E-state index in [1.807, 2.05) is 12.1 Å². The lowest BCUT2D eigenvalue weighted by Gasteiger charge is -2.08. The SMILES string of the molecule is CC(=O)O.COC(=O)COc1ccc(CCNC(=O)c2ccc(N=C(N)N)cc2)cc1. The van der Waals surface area contributed by atoms with E-state index in [0.717, 1.165) is 12.5 Å². The summed E-state index contributed by atoms with van der Waals surface area (Å²) in [5.74, 6) is -0.902. The number of carbonyl (C=O) groups excluding carboxylic acids is 2. The van der Waals surface area contributed by atoms with Crippen LogP contribution in [0.1, 0.15) is 22.8 Å². The Bertz CT molecular complexity index is 887. The van der Waals surface area contributed by atoms with Crippen LogP contribution < -0.4 is 21.5 Å². The van der Waals surface area contributed by atoms with Gasteiger partial charge in [-0.25, -0.2) is 9.79 Å². The molecule has 1 amide bonds. The van der Waals surface area contributed by atoms with E-state index in [-0.39, 0.29) is 18.5 Å². The van der Waals surface area contributed by atoms with Crippen LogP contribution in [0.2, 0.25) is 0 Å². The third-order valence-corrected chi connectivity index (χ3v) is 3.59. The summed E-state index contributed by atoms with van der Waals surface area (Å²) >= 11 is 0. The summed E-state index contributed by atoms with van der Waals surface area (Å²) in [6, 6.07) is 13.9. The zero-order valence-electron chi connectivity index (χ0n) is 17.3. The first kappa shape index (κ1) is 25.0. The zero-order chi connectivity index (χ0) is 23.2. The standard InChI is InChI=1S/C19H22N4O4.C2H4O2/c1-26-17(24)12-27-16-8-2-13(3-9-16)10-11-22-18(25)14-4-6-15(7-5-14)23-19(20)21;1-2(3)4/h2-9H,10-12H2,1H3,(H,22,25)(H4,20,21,23);1H3,(H,3,4). The Morgan fingerprint density at radius 1 is 1.03 bits per heavy atom.